The Kier molecular flexibility index (Phi) is 6.10. The number of fused-ring (bicyclic) bond motifs is 1. The van der Waals surface area contributed by atoms with E-state index in [1.165, 1.54) is 6.07 Å². The van der Waals surface area contributed by atoms with Gasteiger partial charge >= 0.3 is 6.09 Å². The van der Waals surface area contributed by atoms with Gasteiger partial charge in [-0.2, -0.15) is 0 Å². The highest BCUT2D eigenvalue weighted by molar-refractivity contribution is 5.98. The zero-order valence-corrected chi connectivity index (χ0v) is 20.8. The van der Waals surface area contributed by atoms with E-state index in [1.807, 2.05) is 20.8 Å². The average molecular weight is 506 g/mol. The van der Waals surface area contributed by atoms with Crippen molar-refractivity contribution in [3.05, 3.63) is 71.8 Å². The first kappa shape index (κ1) is 24.4. The summed E-state index contributed by atoms with van der Waals surface area (Å²) in [5.41, 5.74) is 7.92. The number of primary amides is 1. The minimum Gasteiger partial charge on any atom is -0.454 e. The number of nitrogens with one attached hydrogen (secondary N) is 1. The van der Waals surface area contributed by atoms with E-state index < -0.39 is 17.3 Å². The lowest BCUT2D eigenvalue weighted by Crippen LogP contribution is -2.35. The third kappa shape index (κ3) is 4.87. The summed E-state index contributed by atoms with van der Waals surface area (Å²) in [6.45, 7) is 6.56. The fraction of sp³-hybridized carbons (Fsp3) is 0.296. The van der Waals surface area contributed by atoms with Gasteiger partial charge in [0.1, 0.15) is 17.0 Å². The number of likely N-dealkylation sites (tertiary alicyclic amines) is 1. The molecule has 1 aliphatic heterocycles. The van der Waals surface area contributed by atoms with Crippen LogP contribution in [0.1, 0.15) is 49.2 Å². The number of imidazole rings is 1. The van der Waals surface area contributed by atoms with Crippen molar-refractivity contribution in [1.29, 1.82) is 0 Å². The van der Waals surface area contributed by atoms with Crippen molar-refractivity contribution in [3.8, 4) is 22.8 Å². The molecule has 1 atom stereocenters. The van der Waals surface area contributed by atoms with Gasteiger partial charge in [-0.15, -0.1) is 0 Å². The van der Waals surface area contributed by atoms with E-state index in [0.717, 1.165) is 12.0 Å². The van der Waals surface area contributed by atoms with Crippen LogP contribution in [0, 0.1) is 5.82 Å². The van der Waals surface area contributed by atoms with Gasteiger partial charge in [0.05, 0.1) is 0 Å². The second-order valence-electron chi connectivity index (χ2n) is 10.0. The molecule has 1 fully saturated rings. The monoisotopic (exact) mass is 505 g/mol. The predicted molar refractivity (Wildman–Crippen MR) is 135 cm³/mol. The van der Waals surface area contributed by atoms with Gasteiger partial charge in [-0.1, -0.05) is 12.1 Å². The molecule has 1 unspecified atom stereocenters. The minimum absolute atomic E-state index is 0.0220. The Morgan fingerprint density at radius 2 is 1.86 bits per heavy atom. The summed E-state index contributed by atoms with van der Waals surface area (Å²) in [5.74, 6) is -0.521. The quantitative estimate of drug-likeness (QED) is 0.392. The lowest BCUT2D eigenvalue weighted by atomic mass is 10.0. The maximum atomic E-state index is 13.9. The molecule has 0 radical (unpaired) electrons. The van der Waals surface area contributed by atoms with Gasteiger partial charge in [-0.05, 0) is 63.6 Å². The number of carbonyl (C=O) groups excluding carboxylic acids is 2. The number of H-pyrrole nitrogens is 1. The average Bonchev–Trinajstić information content (AvgIpc) is 3.55. The zero-order valence-electron chi connectivity index (χ0n) is 20.8. The summed E-state index contributed by atoms with van der Waals surface area (Å²) in [6.07, 6.45) is 2.19. The zero-order chi connectivity index (χ0) is 26.3. The Morgan fingerprint density at radius 3 is 2.54 bits per heavy atom. The molecule has 192 valence electrons. The fourth-order valence-corrected chi connectivity index (χ4v) is 4.51. The number of nitrogens with zero attached hydrogens (tertiary/aromatic N) is 3. The number of halogens is 1. The normalized spacial score (nSPS) is 15.8. The van der Waals surface area contributed by atoms with Crippen molar-refractivity contribution in [2.24, 2.45) is 5.73 Å². The smallest absolute Gasteiger partial charge is 0.410 e. The molecular formula is C27H28FN5O4. The van der Waals surface area contributed by atoms with Gasteiger partial charge in [0.15, 0.2) is 22.9 Å². The molecule has 0 spiro atoms. The van der Waals surface area contributed by atoms with Crippen LogP contribution in [0.4, 0.5) is 9.18 Å². The highest BCUT2D eigenvalue weighted by Crippen LogP contribution is 2.34. The van der Waals surface area contributed by atoms with Crippen LogP contribution < -0.4 is 10.5 Å². The molecule has 2 aromatic heterocycles. The number of benzene rings is 2. The number of hydrogen-bond acceptors (Lipinski definition) is 5. The van der Waals surface area contributed by atoms with Crippen molar-refractivity contribution in [3.63, 3.8) is 0 Å². The van der Waals surface area contributed by atoms with Crippen molar-refractivity contribution in [2.75, 3.05) is 13.1 Å². The Bertz CT molecular complexity index is 1470. The number of rotatable bonds is 5. The van der Waals surface area contributed by atoms with Gasteiger partial charge in [-0.3, -0.25) is 9.89 Å². The molecule has 0 bridgehead atoms. The highest BCUT2D eigenvalue weighted by atomic mass is 19.1. The molecule has 2 amide bonds. The van der Waals surface area contributed by atoms with Gasteiger partial charge < -0.3 is 20.1 Å². The van der Waals surface area contributed by atoms with Gasteiger partial charge in [-0.25, -0.2) is 18.7 Å². The van der Waals surface area contributed by atoms with Crippen LogP contribution >= 0.6 is 0 Å². The molecule has 4 aromatic rings. The fourth-order valence-electron chi connectivity index (χ4n) is 4.51. The molecule has 0 saturated carbocycles. The van der Waals surface area contributed by atoms with Crippen LogP contribution in [0.2, 0.25) is 0 Å². The number of hydrogen-bond donors (Lipinski definition) is 2. The molecule has 1 aliphatic rings. The van der Waals surface area contributed by atoms with E-state index in [1.54, 1.807) is 58.1 Å². The third-order valence-electron chi connectivity index (χ3n) is 6.19. The number of aromatic amines is 1. The summed E-state index contributed by atoms with van der Waals surface area (Å²) in [6, 6.07) is 13.0. The summed E-state index contributed by atoms with van der Waals surface area (Å²) >= 11 is 0. The third-order valence-corrected chi connectivity index (χ3v) is 6.19. The van der Waals surface area contributed by atoms with Gasteiger partial charge in [0, 0.05) is 36.3 Å². The van der Waals surface area contributed by atoms with Crippen molar-refractivity contribution >= 4 is 17.6 Å². The van der Waals surface area contributed by atoms with Crippen LogP contribution in [0.15, 0.2) is 54.7 Å². The van der Waals surface area contributed by atoms with Gasteiger partial charge in [0.25, 0.3) is 5.91 Å². The number of aromatic nitrogens is 3. The van der Waals surface area contributed by atoms with Crippen LogP contribution in [0.3, 0.4) is 0 Å². The number of carbonyl (C=O) groups is 2. The largest absolute Gasteiger partial charge is 0.454 e. The van der Waals surface area contributed by atoms with E-state index in [0.29, 0.717) is 35.7 Å². The molecule has 3 heterocycles. The van der Waals surface area contributed by atoms with E-state index in [-0.39, 0.29) is 23.5 Å². The van der Waals surface area contributed by atoms with Crippen molar-refractivity contribution in [1.82, 2.24) is 19.5 Å². The minimum atomic E-state index is -0.635. The van der Waals surface area contributed by atoms with E-state index >= 15 is 0 Å². The highest BCUT2D eigenvalue weighted by Gasteiger charge is 2.33. The molecule has 10 heteroatoms. The Labute approximate surface area is 213 Å². The number of para-hydroxylation sites is 1. The maximum Gasteiger partial charge on any atom is 0.410 e. The summed E-state index contributed by atoms with van der Waals surface area (Å²) in [4.78, 5) is 31.4. The predicted octanol–water partition coefficient (Wildman–Crippen LogP) is 5.08. The molecular weight excluding hydrogens is 477 g/mol. The standard InChI is InChI=1S/C27H28FN5O4/c1-27(2,3)37-26(35)32-13-12-17(15-32)19-14-30-33-23(24(29)34)22(31-25(19)33)16-8-10-18(11-9-16)36-21-7-5-4-6-20(21)28/h4-11,14,17,30H,12-13,15H2,1-3H3,(H2,29,34). The number of ether oxygens (including phenoxy) is 2. The molecule has 5 rings (SSSR count). The van der Waals surface area contributed by atoms with Crippen LogP contribution in [-0.4, -0.2) is 50.2 Å². The van der Waals surface area contributed by atoms with Crippen molar-refractivity contribution in [2.45, 2.75) is 38.7 Å². The molecule has 0 aliphatic carbocycles. The van der Waals surface area contributed by atoms with E-state index in [2.05, 4.69) is 5.10 Å². The Balaban J connectivity index is 1.42. The van der Waals surface area contributed by atoms with Crippen molar-refractivity contribution < 1.29 is 23.5 Å². The molecule has 3 N–H and O–H groups in total. The first-order valence-corrected chi connectivity index (χ1v) is 12.0. The maximum absolute atomic E-state index is 13.9. The van der Waals surface area contributed by atoms with Crippen LogP contribution in [0.5, 0.6) is 11.5 Å². The molecule has 1 saturated heterocycles. The summed E-state index contributed by atoms with van der Waals surface area (Å²) in [5, 5.41) is 3.09. The number of nitrogens with two attached hydrogens (primary N) is 1. The first-order chi connectivity index (χ1) is 17.6. The SMILES string of the molecule is CC(C)(C)OC(=O)N1CCC(c2c[nH]n3c(C(N)=O)c(-c4ccc(Oc5ccccc5F)cc4)nc23)C1. The topological polar surface area (TPSA) is 115 Å². The van der Waals surface area contributed by atoms with E-state index in [4.69, 9.17) is 20.2 Å². The molecule has 37 heavy (non-hydrogen) atoms. The lowest BCUT2D eigenvalue weighted by Gasteiger charge is -2.24. The summed E-state index contributed by atoms with van der Waals surface area (Å²) < 4.78 is 26.6. The van der Waals surface area contributed by atoms with Crippen LogP contribution in [-0.2, 0) is 4.74 Å². The first-order valence-electron chi connectivity index (χ1n) is 12.0. The summed E-state index contributed by atoms with van der Waals surface area (Å²) in [7, 11) is 0. The second-order valence-corrected chi connectivity index (χ2v) is 10.0. The van der Waals surface area contributed by atoms with E-state index in [9.17, 15) is 14.0 Å². The van der Waals surface area contributed by atoms with Crippen LogP contribution in [0.25, 0.3) is 16.9 Å². The Morgan fingerprint density at radius 1 is 1.14 bits per heavy atom. The Hall–Kier alpha value is -4.34. The van der Waals surface area contributed by atoms with Gasteiger partial charge in [0.2, 0.25) is 0 Å². The molecule has 9 nitrogen and oxygen atoms in total. The lowest BCUT2D eigenvalue weighted by molar-refractivity contribution is 0.0292. The molecule has 2 aromatic carbocycles. The second kappa shape index (κ2) is 9.27. The number of amides is 2.